The summed E-state index contributed by atoms with van der Waals surface area (Å²) in [5.74, 6) is 0.338. The van der Waals surface area contributed by atoms with E-state index in [1.54, 1.807) is 24.3 Å². The predicted molar refractivity (Wildman–Crippen MR) is 91.8 cm³/mol. The largest absolute Gasteiger partial charge is 0.493 e. The van der Waals surface area contributed by atoms with Gasteiger partial charge in [-0.2, -0.15) is 0 Å². The molecule has 3 aromatic rings. The molecule has 1 aromatic heterocycles. The number of amides is 1. The van der Waals surface area contributed by atoms with Gasteiger partial charge in [0.15, 0.2) is 17.1 Å². The molecule has 0 spiro atoms. The number of ether oxygens (including phenoxy) is 1. The van der Waals surface area contributed by atoms with Gasteiger partial charge in [-0.3, -0.25) is 4.79 Å². The number of methoxy groups -OCH3 is 1. The molecule has 0 aliphatic rings. The van der Waals surface area contributed by atoms with Gasteiger partial charge in [-0.15, -0.1) is 0 Å². The van der Waals surface area contributed by atoms with Gasteiger partial charge in [0.05, 0.1) is 12.0 Å². The van der Waals surface area contributed by atoms with Crippen LogP contribution in [0.25, 0.3) is 11.0 Å². The molecule has 25 heavy (non-hydrogen) atoms. The molecule has 7 nitrogen and oxygen atoms in total. The Morgan fingerprint density at radius 2 is 1.92 bits per heavy atom. The first-order valence-corrected chi connectivity index (χ1v) is 8.89. The van der Waals surface area contributed by atoms with Gasteiger partial charge in [0, 0.05) is 11.9 Å². The molecule has 0 radical (unpaired) electrons. The van der Waals surface area contributed by atoms with E-state index in [0.29, 0.717) is 11.3 Å². The van der Waals surface area contributed by atoms with Gasteiger partial charge in [-0.25, -0.2) is 13.6 Å². The predicted octanol–water partition coefficient (Wildman–Crippen LogP) is 2.02. The molecule has 0 unspecified atom stereocenters. The number of nitrogens with two attached hydrogens (primary N) is 1. The minimum Gasteiger partial charge on any atom is -0.493 e. The average Bonchev–Trinajstić information content (AvgIpc) is 3.03. The molecule has 0 saturated heterocycles. The Bertz CT molecular complexity index is 1020. The molecule has 0 atom stereocenters. The number of fused-ring (bicyclic) bond motifs is 1. The molecule has 2 aromatic carbocycles. The molecule has 0 aliphatic heterocycles. The third-order valence-corrected chi connectivity index (χ3v) is 4.59. The molecule has 1 amide bonds. The van der Waals surface area contributed by atoms with Gasteiger partial charge in [-0.1, -0.05) is 24.3 Å². The van der Waals surface area contributed by atoms with Crippen molar-refractivity contribution >= 4 is 26.9 Å². The fourth-order valence-electron chi connectivity index (χ4n) is 2.38. The van der Waals surface area contributed by atoms with Crippen LogP contribution in [0.2, 0.25) is 0 Å². The zero-order chi connectivity index (χ0) is 18.0. The number of carbonyl (C=O) groups excluding carboxylic acids is 1. The van der Waals surface area contributed by atoms with Crippen LogP contribution >= 0.6 is 0 Å². The van der Waals surface area contributed by atoms with E-state index in [0.717, 1.165) is 10.9 Å². The summed E-state index contributed by atoms with van der Waals surface area (Å²) in [6.07, 6.45) is 0. The van der Waals surface area contributed by atoms with E-state index in [4.69, 9.17) is 14.3 Å². The highest BCUT2D eigenvalue weighted by atomic mass is 32.2. The number of sulfonamides is 1. The molecule has 130 valence electrons. The van der Waals surface area contributed by atoms with Gasteiger partial charge in [-0.05, 0) is 29.8 Å². The highest BCUT2D eigenvalue weighted by Crippen LogP contribution is 2.28. The van der Waals surface area contributed by atoms with Gasteiger partial charge >= 0.3 is 0 Å². The number of rotatable bonds is 5. The maximum absolute atomic E-state index is 12.3. The van der Waals surface area contributed by atoms with Crippen molar-refractivity contribution in [2.24, 2.45) is 5.14 Å². The Kier molecular flexibility index (Phi) is 4.47. The van der Waals surface area contributed by atoms with E-state index >= 15 is 0 Å². The third kappa shape index (κ3) is 3.65. The molecule has 0 fully saturated rings. The number of hydrogen-bond acceptors (Lipinski definition) is 5. The van der Waals surface area contributed by atoms with Gasteiger partial charge in [0.2, 0.25) is 10.0 Å². The second-order valence-corrected chi connectivity index (χ2v) is 6.92. The minimum absolute atomic E-state index is 0.0203. The van der Waals surface area contributed by atoms with Crippen molar-refractivity contribution in [1.29, 1.82) is 0 Å². The summed E-state index contributed by atoms with van der Waals surface area (Å²) in [6.45, 7) is 0.220. The van der Waals surface area contributed by atoms with Crippen LogP contribution in [-0.2, 0) is 16.6 Å². The summed E-state index contributed by atoms with van der Waals surface area (Å²) < 4.78 is 33.2. The lowest BCUT2D eigenvalue weighted by Crippen LogP contribution is -2.22. The SMILES string of the molecule is COc1cccc2cc(C(=O)NCc3ccc(S(N)(=O)=O)cc3)oc12. The number of primary sulfonamides is 1. The first kappa shape index (κ1) is 17.0. The van der Waals surface area contributed by atoms with Crippen LogP contribution in [0.1, 0.15) is 16.1 Å². The molecular weight excluding hydrogens is 344 g/mol. The lowest BCUT2D eigenvalue weighted by molar-refractivity contribution is 0.0925. The smallest absolute Gasteiger partial charge is 0.287 e. The number of hydrogen-bond donors (Lipinski definition) is 2. The maximum atomic E-state index is 12.3. The molecule has 8 heteroatoms. The van der Waals surface area contributed by atoms with Crippen LogP contribution in [-0.4, -0.2) is 21.4 Å². The summed E-state index contributed by atoms with van der Waals surface area (Å²) in [5, 5.41) is 8.53. The maximum Gasteiger partial charge on any atom is 0.287 e. The lowest BCUT2D eigenvalue weighted by Gasteiger charge is -2.04. The quantitative estimate of drug-likeness (QED) is 0.723. The van der Waals surface area contributed by atoms with Crippen LogP contribution in [0.5, 0.6) is 5.75 Å². The van der Waals surface area contributed by atoms with Crippen molar-refractivity contribution in [2.75, 3.05) is 7.11 Å². The van der Waals surface area contributed by atoms with E-state index in [9.17, 15) is 13.2 Å². The van der Waals surface area contributed by atoms with Crippen LogP contribution in [0.4, 0.5) is 0 Å². The van der Waals surface area contributed by atoms with Crippen molar-refractivity contribution < 1.29 is 22.4 Å². The molecule has 0 bridgehead atoms. The Morgan fingerprint density at radius 1 is 1.20 bits per heavy atom. The number of para-hydroxylation sites is 1. The second-order valence-electron chi connectivity index (χ2n) is 5.36. The Morgan fingerprint density at radius 3 is 2.56 bits per heavy atom. The zero-order valence-electron chi connectivity index (χ0n) is 13.4. The number of carbonyl (C=O) groups is 1. The molecule has 3 N–H and O–H groups in total. The monoisotopic (exact) mass is 360 g/mol. The zero-order valence-corrected chi connectivity index (χ0v) is 14.2. The Balaban J connectivity index is 1.72. The molecule has 3 rings (SSSR count). The normalized spacial score (nSPS) is 11.4. The summed E-state index contributed by atoms with van der Waals surface area (Å²) in [7, 11) is -2.20. The Labute approximate surface area is 144 Å². The molecule has 0 saturated carbocycles. The van der Waals surface area contributed by atoms with E-state index in [1.807, 2.05) is 12.1 Å². The molecular formula is C17H16N2O5S. The topological polar surface area (TPSA) is 112 Å². The van der Waals surface area contributed by atoms with Crippen molar-refractivity contribution in [3.8, 4) is 5.75 Å². The van der Waals surface area contributed by atoms with Crippen molar-refractivity contribution in [2.45, 2.75) is 11.4 Å². The average molecular weight is 360 g/mol. The molecule has 1 heterocycles. The standard InChI is InChI=1S/C17H16N2O5S/c1-23-14-4-2-3-12-9-15(24-16(12)14)17(20)19-10-11-5-7-13(8-6-11)25(18,21)22/h2-9H,10H2,1H3,(H,19,20)(H2,18,21,22). The second kappa shape index (κ2) is 6.58. The Hall–Kier alpha value is -2.84. The third-order valence-electron chi connectivity index (χ3n) is 3.66. The fourth-order valence-corrected chi connectivity index (χ4v) is 2.89. The van der Waals surface area contributed by atoms with Crippen LogP contribution in [0.3, 0.4) is 0 Å². The first-order chi connectivity index (χ1) is 11.9. The van der Waals surface area contributed by atoms with Crippen molar-refractivity contribution in [3.05, 3.63) is 59.9 Å². The fraction of sp³-hybridized carbons (Fsp3) is 0.118. The van der Waals surface area contributed by atoms with Crippen LogP contribution in [0, 0.1) is 0 Å². The first-order valence-electron chi connectivity index (χ1n) is 7.35. The number of benzene rings is 2. The number of nitrogens with one attached hydrogen (secondary N) is 1. The van der Waals surface area contributed by atoms with E-state index in [1.165, 1.54) is 19.2 Å². The van der Waals surface area contributed by atoms with Crippen LogP contribution in [0.15, 0.2) is 57.8 Å². The molecule has 0 aliphatic carbocycles. The van der Waals surface area contributed by atoms with Gasteiger partial charge in [0.25, 0.3) is 5.91 Å². The summed E-state index contributed by atoms with van der Waals surface area (Å²) in [6, 6.07) is 13.0. The van der Waals surface area contributed by atoms with Crippen LogP contribution < -0.4 is 15.2 Å². The summed E-state index contributed by atoms with van der Waals surface area (Å²) in [4.78, 5) is 12.3. The van der Waals surface area contributed by atoms with E-state index in [-0.39, 0.29) is 23.1 Å². The van der Waals surface area contributed by atoms with Crippen molar-refractivity contribution in [1.82, 2.24) is 5.32 Å². The van der Waals surface area contributed by atoms with Crippen molar-refractivity contribution in [3.63, 3.8) is 0 Å². The van der Waals surface area contributed by atoms with E-state index < -0.39 is 10.0 Å². The summed E-state index contributed by atoms with van der Waals surface area (Å²) >= 11 is 0. The highest BCUT2D eigenvalue weighted by Gasteiger charge is 2.14. The minimum atomic E-state index is -3.73. The summed E-state index contributed by atoms with van der Waals surface area (Å²) in [5.41, 5.74) is 1.24. The van der Waals surface area contributed by atoms with E-state index in [2.05, 4.69) is 5.32 Å². The number of furan rings is 1. The van der Waals surface area contributed by atoms with Gasteiger partial charge < -0.3 is 14.5 Å². The highest BCUT2D eigenvalue weighted by molar-refractivity contribution is 7.89. The lowest BCUT2D eigenvalue weighted by atomic mass is 10.2. The van der Waals surface area contributed by atoms with Gasteiger partial charge in [0.1, 0.15) is 0 Å².